The Labute approximate surface area is 164 Å². The molecule has 1 amide bonds. The minimum atomic E-state index is -0.493. The molecule has 3 aromatic carbocycles. The average Bonchev–Trinajstić information content (AvgIpc) is 2.70. The first kappa shape index (κ1) is 16.6. The molecule has 2 bridgehead atoms. The average molecular weight is 374 g/mol. The van der Waals surface area contributed by atoms with E-state index in [0.717, 1.165) is 12.1 Å². The Bertz CT molecular complexity index is 995. The molecule has 0 spiro atoms. The molecule has 6 rings (SSSR count). The minimum absolute atomic E-state index is 0.0715. The largest absolute Gasteiger partial charge is 0.326 e. The summed E-state index contributed by atoms with van der Waals surface area (Å²) in [5, 5.41) is 3.79. The van der Waals surface area contributed by atoms with E-state index in [1.54, 1.807) is 12.1 Å². The topological polar surface area (TPSA) is 29.1 Å². The molecule has 1 N–H and O–H groups in total. The van der Waals surface area contributed by atoms with Gasteiger partial charge < -0.3 is 5.32 Å². The van der Waals surface area contributed by atoms with Gasteiger partial charge in [0, 0.05) is 22.5 Å². The lowest BCUT2D eigenvalue weighted by Crippen LogP contribution is -2.47. The zero-order valence-electron chi connectivity index (χ0n) is 15.1. The Balaban J connectivity index is 1.59. The van der Waals surface area contributed by atoms with Crippen LogP contribution in [0.1, 0.15) is 47.4 Å². The molecule has 134 valence electrons. The second-order valence-electron chi connectivity index (χ2n) is 7.83. The first-order valence-electron chi connectivity index (χ1n) is 9.32. The number of carbonyl (C=O) groups is 1. The number of halogens is 1. The highest BCUT2D eigenvalue weighted by Crippen LogP contribution is 2.61. The van der Waals surface area contributed by atoms with Crippen LogP contribution >= 0.6 is 11.6 Å². The van der Waals surface area contributed by atoms with Gasteiger partial charge >= 0.3 is 0 Å². The quantitative estimate of drug-likeness (QED) is 0.589. The van der Waals surface area contributed by atoms with Crippen molar-refractivity contribution in [1.29, 1.82) is 0 Å². The molecule has 0 fully saturated rings. The fourth-order valence-electron chi connectivity index (χ4n) is 5.00. The molecule has 3 aliphatic carbocycles. The predicted octanol–water partition coefficient (Wildman–Crippen LogP) is 5.97. The van der Waals surface area contributed by atoms with Crippen LogP contribution in [0.15, 0.2) is 72.8 Å². The van der Waals surface area contributed by atoms with Crippen LogP contribution < -0.4 is 5.32 Å². The van der Waals surface area contributed by atoms with E-state index in [9.17, 15) is 4.79 Å². The van der Waals surface area contributed by atoms with Gasteiger partial charge in [-0.2, -0.15) is 0 Å². The van der Waals surface area contributed by atoms with Gasteiger partial charge in [0.1, 0.15) is 0 Å². The number of hydrogen-bond acceptors (Lipinski definition) is 1. The lowest BCUT2D eigenvalue weighted by molar-refractivity contribution is -0.126. The first-order chi connectivity index (χ1) is 13.1. The van der Waals surface area contributed by atoms with Crippen LogP contribution in [0.25, 0.3) is 0 Å². The molecule has 27 heavy (non-hydrogen) atoms. The van der Waals surface area contributed by atoms with Crippen molar-refractivity contribution in [3.05, 3.63) is 100 Å². The van der Waals surface area contributed by atoms with Crippen molar-refractivity contribution in [3.8, 4) is 0 Å². The maximum Gasteiger partial charge on any atom is 0.231 e. The number of rotatable bonds is 2. The Morgan fingerprint density at radius 1 is 0.889 bits per heavy atom. The van der Waals surface area contributed by atoms with Crippen molar-refractivity contribution in [3.63, 3.8) is 0 Å². The zero-order valence-corrected chi connectivity index (χ0v) is 15.8. The summed E-state index contributed by atoms with van der Waals surface area (Å²) in [4.78, 5) is 13.4. The molecule has 1 atom stereocenters. The zero-order chi connectivity index (χ0) is 18.6. The van der Waals surface area contributed by atoms with Crippen LogP contribution in [0.4, 0.5) is 5.69 Å². The van der Waals surface area contributed by atoms with Gasteiger partial charge in [0.25, 0.3) is 0 Å². The third-order valence-corrected chi connectivity index (χ3v) is 6.50. The first-order valence-corrected chi connectivity index (χ1v) is 9.70. The third kappa shape index (κ3) is 2.44. The van der Waals surface area contributed by atoms with Crippen LogP contribution in [-0.4, -0.2) is 5.91 Å². The van der Waals surface area contributed by atoms with Crippen molar-refractivity contribution in [2.45, 2.75) is 25.2 Å². The van der Waals surface area contributed by atoms with Gasteiger partial charge in [0.2, 0.25) is 5.91 Å². The molecule has 3 heteroatoms. The van der Waals surface area contributed by atoms with E-state index in [4.69, 9.17) is 11.6 Å². The Morgan fingerprint density at radius 3 is 1.96 bits per heavy atom. The van der Waals surface area contributed by atoms with Crippen LogP contribution in [0.5, 0.6) is 0 Å². The number of fused-ring (bicyclic) bond motifs is 1. The number of benzene rings is 3. The molecule has 0 heterocycles. The van der Waals surface area contributed by atoms with E-state index in [-0.39, 0.29) is 17.7 Å². The second kappa shape index (κ2) is 5.97. The SMILES string of the molecule is CC1(C(=O)Nc2ccc(Cl)cc2)CC2c3ccccc3C1c1ccccc12. The van der Waals surface area contributed by atoms with Gasteiger partial charge in [-0.05, 0) is 59.9 Å². The molecule has 2 nitrogen and oxygen atoms in total. The van der Waals surface area contributed by atoms with E-state index >= 15 is 0 Å². The molecule has 0 aromatic heterocycles. The molecule has 0 saturated heterocycles. The predicted molar refractivity (Wildman–Crippen MR) is 109 cm³/mol. The maximum atomic E-state index is 13.4. The maximum absolute atomic E-state index is 13.4. The van der Waals surface area contributed by atoms with Crippen LogP contribution in [0.3, 0.4) is 0 Å². The Morgan fingerprint density at radius 2 is 1.41 bits per heavy atom. The molecule has 3 aliphatic rings. The standard InChI is InChI=1S/C24H20ClNO/c1-24(23(27)26-16-12-10-15(25)11-13-16)14-21-17-6-2-4-8-19(17)22(24)20-9-5-3-7-18(20)21/h2-13,21-22H,14H2,1H3,(H,26,27). The van der Waals surface area contributed by atoms with Gasteiger partial charge in [-0.3, -0.25) is 4.79 Å². The second-order valence-corrected chi connectivity index (χ2v) is 8.26. The van der Waals surface area contributed by atoms with Crippen LogP contribution in [-0.2, 0) is 4.79 Å². The van der Waals surface area contributed by atoms with Crippen LogP contribution in [0.2, 0.25) is 5.02 Å². The molecular weight excluding hydrogens is 354 g/mol. The fourth-order valence-corrected chi connectivity index (χ4v) is 5.12. The number of anilines is 1. The minimum Gasteiger partial charge on any atom is -0.326 e. The number of hydrogen-bond donors (Lipinski definition) is 1. The van der Waals surface area contributed by atoms with E-state index in [2.05, 4.69) is 60.8 Å². The van der Waals surface area contributed by atoms with Gasteiger partial charge in [-0.25, -0.2) is 0 Å². The number of amides is 1. The van der Waals surface area contributed by atoms with Crippen molar-refractivity contribution < 1.29 is 4.79 Å². The summed E-state index contributed by atoms with van der Waals surface area (Å²) in [5.41, 5.74) is 5.62. The summed E-state index contributed by atoms with van der Waals surface area (Å²) >= 11 is 5.98. The van der Waals surface area contributed by atoms with Gasteiger partial charge in [0.05, 0.1) is 5.41 Å². The summed E-state index contributed by atoms with van der Waals surface area (Å²) in [6.45, 7) is 2.11. The highest BCUT2D eigenvalue weighted by Gasteiger charge is 2.53. The normalized spacial score (nSPS) is 24.8. The smallest absolute Gasteiger partial charge is 0.231 e. The van der Waals surface area contributed by atoms with E-state index in [0.29, 0.717) is 5.02 Å². The number of carbonyl (C=O) groups excluding carboxylic acids is 1. The molecule has 3 aromatic rings. The highest BCUT2D eigenvalue weighted by atomic mass is 35.5. The van der Waals surface area contributed by atoms with Crippen molar-refractivity contribution in [2.75, 3.05) is 5.32 Å². The summed E-state index contributed by atoms with van der Waals surface area (Å²) in [6, 6.07) is 24.5. The monoisotopic (exact) mass is 373 g/mol. The highest BCUT2D eigenvalue weighted by molar-refractivity contribution is 6.30. The molecular formula is C24H20ClNO. The summed E-state index contributed by atoms with van der Waals surface area (Å²) in [6.07, 6.45) is 0.825. The molecule has 0 aliphatic heterocycles. The Kier molecular flexibility index (Phi) is 3.66. The number of nitrogens with one attached hydrogen (secondary N) is 1. The summed E-state index contributed by atoms with van der Waals surface area (Å²) in [5.74, 6) is 0.411. The lowest BCUT2D eigenvalue weighted by atomic mass is 9.52. The lowest BCUT2D eigenvalue weighted by Gasteiger charge is -2.50. The fraction of sp³-hybridized carbons (Fsp3) is 0.208. The van der Waals surface area contributed by atoms with E-state index in [1.807, 2.05) is 12.1 Å². The van der Waals surface area contributed by atoms with Gasteiger partial charge in [0.15, 0.2) is 0 Å². The molecule has 0 saturated carbocycles. The summed E-state index contributed by atoms with van der Waals surface area (Å²) in [7, 11) is 0. The van der Waals surface area contributed by atoms with Crippen LogP contribution in [0, 0.1) is 5.41 Å². The molecule has 0 radical (unpaired) electrons. The van der Waals surface area contributed by atoms with Crippen molar-refractivity contribution in [2.24, 2.45) is 5.41 Å². The molecule has 1 unspecified atom stereocenters. The van der Waals surface area contributed by atoms with E-state index in [1.165, 1.54) is 22.3 Å². The summed E-state index contributed by atoms with van der Waals surface area (Å²) < 4.78 is 0. The van der Waals surface area contributed by atoms with E-state index < -0.39 is 5.41 Å². The van der Waals surface area contributed by atoms with Gasteiger partial charge in [-0.1, -0.05) is 60.1 Å². The Hall–Kier alpha value is -2.58. The van der Waals surface area contributed by atoms with Crippen molar-refractivity contribution in [1.82, 2.24) is 0 Å². The van der Waals surface area contributed by atoms with Crippen molar-refractivity contribution >= 4 is 23.2 Å². The van der Waals surface area contributed by atoms with Gasteiger partial charge in [-0.15, -0.1) is 0 Å². The third-order valence-electron chi connectivity index (χ3n) is 6.25.